The van der Waals surface area contributed by atoms with Gasteiger partial charge in [-0.25, -0.2) is 0 Å². The van der Waals surface area contributed by atoms with E-state index < -0.39 is 0 Å². The van der Waals surface area contributed by atoms with Crippen LogP contribution in [0.2, 0.25) is 0 Å². The van der Waals surface area contributed by atoms with Crippen LogP contribution in [0, 0.1) is 0 Å². The van der Waals surface area contributed by atoms with Crippen molar-refractivity contribution in [2.24, 2.45) is 0 Å². The van der Waals surface area contributed by atoms with Crippen molar-refractivity contribution in [3.63, 3.8) is 0 Å². The van der Waals surface area contributed by atoms with Crippen molar-refractivity contribution in [1.29, 1.82) is 0 Å². The molecule has 0 saturated heterocycles. The standard InChI is InChI=1S/C28H26N2O3/c1-2-33-24-14-12-22(13-15-24)25-26(29-17-16-21-10-6-7-11-23(21)19-29)28(32)30(27(25)31)18-20-8-4-3-5-9-20/h3-15H,2,16-19H2,1H3. The van der Waals surface area contributed by atoms with E-state index in [0.29, 0.717) is 31.0 Å². The van der Waals surface area contributed by atoms with Crippen molar-refractivity contribution in [2.45, 2.75) is 26.4 Å². The Morgan fingerprint density at radius 1 is 0.818 bits per heavy atom. The molecule has 0 radical (unpaired) electrons. The summed E-state index contributed by atoms with van der Waals surface area (Å²) in [6, 6.07) is 25.4. The highest BCUT2D eigenvalue weighted by molar-refractivity contribution is 6.35. The number of carbonyl (C=O) groups is 2. The molecule has 2 heterocycles. The maximum atomic E-state index is 13.7. The second-order valence-electron chi connectivity index (χ2n) is 8.30. The smallest absolute Gasteiger partial charge is 0.278 e. The molecule has 33 heavy (non-hydrogen) atoms. The molecule has 3 aromatic rings. The number of benzene rings is 3. The Morgan fingerprint density at radius 2 is 1.52 bits per heavy atom. The number of hydrogen-bond acceptors (Lipinski definition) is 4. The molecule has 0 saturated carbocycles. The Hall–Kier alpha value is -3.86. The van der Waals surface area contributed by atoms with Crippen LogP contribution in [0.3, 0.4) is 0 Å². The molecule has 166 valence electrons. The zero-order valence-electron chi connectivity index (χ0n) is 18.7. The van der Waals surface area contributed by atoms with Crippen LogP contribution in [0.1, 0.15) is 29.2 Å². The van der Waals surface area contributed by atoms with Gasteiger partial charge in [-0.15, -0.1) is 0 Å². The summed E-state index contributed by atoms with van der Waals surface area (Å²) < 4.78 is 5.57. The van der Waals surface area contributed by atoms with E-state index in [-0.39, 0.29) is 18.4 Å². The first-order valence-corrected chi connectivity index (χ1v) is 11.3. The SMILES string of the molecule is CCOc1ccc(C2=C(N3CCc4ccccc4C3)C(=O)N(Cc3ccccc3)C2=O)cc1. The Kier molecular flexibility index (Phi) is 5.69. The molecule has 0 fully saturated rings. The molecule has 5 nitrogen and oxygen atoms in total. The summed E-state index contributed by atoms with van der Waals surface area (Å²) in [5, 5.41) is 0. The number of nitrogens with zero attached hydrogens (tertiary/aromatic N) is 2. The van der Waals surface area contributed by atoms with Gasteiger partial charge in [0.1, 0.15) is 11.4 Å². The van der Waals surface area contributed by atoms with Crippen LogP contribution in [0.25, 0.3) is 5.57 Å². The van der Waals surface area contributed by atoms with Gasteiger partial charge < -0.3 is 9.64 Å². The summed E-state index contributed by atoms with van der Waals surface area (Å²) in [5.74, 6) is 0.266. The van der Waals surface area contributed by atoms with Crippen LogP contribution in [-0.2, 0) is 29.1 Å². The van der Waals surface area contributed by atoms with Gasteiger partial charge in [0.2, 0.25) is 0 Å². The van der Waals surface area contributed by atoms with Gasteiger partial charge in [0.25, 0.3) is 11.8 Å². The molecular weight excluding hydrogens is 412 g/mol. The van der Waals surface area contributed by atoms with Crippen LogP contribution in [0.15, 0.2) is 84.6 Å². The second-order valence-corrected chi connectivity index (χ2v) is 8.30. The highest BCUT2D eigenvalue weighted by Gasteiger charge is 2.42. The maximum absolute atomic E-state index is 13.7. The number of ether oxygens (including phenoxy) is 1. The minimum absolute atomic E-state index is 0.230. The average molecular weight is 439 g/mol. The molecule has 5 rings (SSSR count). The third-order valence-electron chi connectivity index (χ3n) is 6.23. The lowest BCUT2D eigenvalue weighted by Gasteiger charge is -2.31. The fraction of sp³-hybridized carbons (Fsp3) is 0.214. The highest BCUT2D eigenvalue weighted by Crippen LogP contribution is 2.35. The van der Waals surface area contributed by atoms with E-state index in [1.165, 1.54) is 16.0 Å². The van der Waals surface area contributed by atoms with Crippen molar-refractivity contribution in [3.05, 3.63) is 107 Å². The van der Waals surface area contributed by atoms with Crippen molar-refractivity contribution in [1.82, 2.24) is 9.80 Å². The molecule has 0 unspecified atom stereocenters. The quantitative estimate of drug-likeness (QED) is 0.535. The van der Waals surface area contributed by atoms with E-state index in [4.69, 9.17) is 4.74 Å². The lowest BCUT2D eigenvalue weighted by molar-refractivity contribution is -0.138. The molecule has 0 atom stereocenters. The van der Waals surface area contributed by atoms with E-state index in [1.807, 2.05) is 73.7 Å². The number of fused-ring (bicyclic) bond motifs is 1. The largest absolute Gasteiger partial charge is 0.494 e. The van der Waals surface area contributed by atoms with Gasteiger partial charge in [-0.3, -0.25) is 14.5 Å². The van der Waals surface area contributed by atoms with Crippen molar-refractivity contribution >= 4 is 17.4 Å². The summed E-state index contributed by atoms with van der Waals surface area (Å²) in [5.41, 5.74) is 5.13. The number of rotatable bonds is 6. The number of carbonyl (C=O) groups excluding carboxylic acids is 2. The minimum atomic E-state index is -0.248. The van der Waals surface area contributed by atoms with E-state index in [0.717, 1.165) is 23.3 Å². The van der Waals surface area contributed by atoms with Gasteiger partial charge in [-0.1, -0.05) is 66.7 Å². The first kappa shape index (κ1) is 21.0. The molecule has 0 aromatic heterocycles. The van der Waals surface area contributed by atoms with Crippen molar-refractivity contribution in [2.75, 3.05) is 13.2 Å². The van der Waals surface area contributed by atoms with Gasteiger partial charge in [-0.2, -0.15) is 0 Å². The summed E-state index contributed by atoms with van der Waals surface area (Å²) in [7, 11) is 0. The van der Waals surface area contributed by atoms with E-state index in [1.54, 1.807) is 0 Å². The molecule has 0 spiro atoms. The van der Waals surface area contributed by atoms with Crippen LogP contribution in [0.4, 0.5) is 0 Å². The molecular formula is C28H26N2O3. The predicted molar refractivity (Wildman–Crippen MR) is 127 cm³/mol. The van der Waals surface area contributed by atoms with Gasteiger partial charge in [0.15, 0.2) is 0 Å². The molecule has 2 aliphatic heterocycles. The lowest BCUT2D eigenvalue weighted by Crippen LogP contribution is -2.37. The van der Waals surface area contributed by atoms with Gasteiger partial charge in [-0.05, 0) is 47.7 Å². The maximum Gasteiger partial charge on any atom is 0.278 e. The van der Waals surface area contributed by atoms with E-state index in [9.17, 15) is 9.59 Å². The molecule has 2 aliphatic rings. The molecule has 0 bridgehead atoms. The van der Waals surface area contributed by atoms with E-state index in [2.05, 4.69) is 17.0 Å². The van der Waals surface area contributed by atoms with Crippen molar-refractivity contribution < 1.29 is 14.3 Å². The highest BCUT2D eigenvalue weighted by atomic mass is 16.5. The van der Waals surface area contributed by atoms with Gasteiger partial charge >= 0.3 is 0 Å². The fourth-order valence-corrected chi connectivity index (χ4v) is 4.60. The number of amides is 2. The predicted octanol–water partition coefficient (Wildman–Crippen LogP) is 4.42. The Bertz CT molecular complexity index is 1220. The molecule has 2 amide bonds. The number of imide groups is 1. The zero-order valence-corrected chi connectivity index (χ0v) is 18.7. The molecule has 0 N–H and O–H groups in total. The van der Waals surface area contributed by atoms with Crippen LogP contribution in [-0.4, -0.2) is 34.8 Å². The fourth-order valence-electron chi connectivity index (χ4n) is 4.60. The Balaban J connectivity index is 1.54. The third kappa shape index (κ3) is 4.02. The summed E-state index contributed by atoms with van der Waals surface area (Å²) in [6.07, 6.45) is 0.844. The zero-order chi connectivity index (χ0) is 22.8. The lowest BCUT2D eigenvalue weighted by atomic mass is 9.98. The minimum Gasteiger partial charge on any atom is -0.494 e. The van der Waals surface area contributed by atoms with Crippen LogP contribution < -0.4 is 4.74 Å². The molecule has 5 heteroatoms. The van der Waals surface area contributed by atoms with Gasteiger partial charge in [0, 0.05) is 13.1 Å². The molecule has 0 aliphatic carbocycles. The first-order chi connectivity index (χ1) is 16.2. The first-order valence-electron chi connectivity index (χ1n) is 11.3. The van der Waals surface area contributed by atoms with Crippen LogP contribution >= 0.6 is 0 Å². The molecule has 3 aromatic carbocycles. The summed E-state index contributed by atoms with van der Waals surface area (Å²) in [4.78, 5) is 30.7. The van der Waals surface area contributed by atoms with Crippen LogP contribution in [0.5, 0.6) is 5.75 Å². The monoisotopic (exact) mass is 438 g/mol. The van der Waals surface area contributed by atoms with Crippen molar-refractivity contribution in [3.8, 4) is 5.75 Å². The topological polar surface area (TPSA) is 49.9 Å². The van der Waals surface area contributed by atoms with Gasteiger partial charge in [0.05, 0.1) is 18.7 Å². The van der Waals surface area contributed by atoms with E-state index >= 15 is 0 Å². The summed E-state index contributed by atoms with van der Waals surface area (Å²) >= 11 is 0. The summed E-state index contributed by atoms with van der Waals surface area (Å²) in [6.45, 7) is 4.08. The normalized spacial score (nSPS) is 15.8. The Labute approximate surface area is 193 Å². The average Bonchev–Trinajstić information content (AvgIpc) is 3.10. The number of hydrogen-bond donors (Lipinski definition) is 0. The third-order valence-corrected chi connectivity index (χ3v) is 6.23. The second kappa shape index (κ2) is 8.94. The Morgan fingerprint density at radius 3 is 2.24 bits per heavy atom.